The van der Waals surface area contributed by atoms with Crippen LogP contribution >= 0.6 is 0 Å². The minimum Gasteiger partial charge on any atom is -0.372 e. The molecule has 0 bridgehead atoms. The molecule has 2 rings (SSSR count). The average Bonchev–Trinajstić information content (AvgIpc) is 2.57. The molecule has 0 amide bonds. The van der Waals surface area contributed by atoms with Crippen LogP contribution in [-0.4, -0.2) is 44.9 Å². The second-order valence-electron chi connectivity index (χ2n) is 6.45. The quantitative estimate of drug-likeness (QED) is 0.777. The number of methoxy groups -OCH3 is 1. The molecule has 1 saturated carbocycles. The van der Waals surface area contributed by atoms with Crippen molar-refractivity contribution in [2.45, 2.75) is 43.7 Å². The van der Waals surface area contributed by atoms with E-state index in [1.54, 1.807) is 7.11 Å². The molecule has 1 aromatic carbocycles. The zero-order chi connectivity index (χ0) is 16.8. The van der Waals surface area contributed by atoms with E-state index in [9.17, 15) is 0 Å². The number of rotatable bonds is 5. The molecule has 0 unspecified atom stereocenters. The Kier molecular flexibility index (Phi) is 6.24. The Morgan fingerprint density at radius 2 is 1.74 bits per heavy atom. The summed E-state index contributed by atoms with van der Waals surface area (Å²) in [6.07, 6.45) is 3.99. The van der Waals surface area contributed by atoms with Crippen LogP contribution in [-0.2, 0) is 15.0 Å². The molecule has 1 aromatic rings. The summed E-state index contributed by atoms with van der Waals surface area (Å²) in [5.41, 5.74) is 1.15. The van der Waals surface area contributed by atoms with Gasteiger partial charge in [-0.3, -0.25) is 4.90 Å². The smallest absolute Gasteiger partial charge is 0.128 e. The fraction of sp³-hybridized carbons (Fsp3) is 0.600. The zero-order valence-corrected chi connectivity index (χ0v) is 14.9. The van der Waals surface area contributed by atoms with E-state index >= 15 is 0 Å². The van der Waals surface area contributed by atoms with Gasteiger partial charge in [0.05, 0.1) is 0 Å². The molecule has 0 aromatic heterocycles. The molecular formula is C20H29NO2. The lowest BCUT2D eigenvalue weighted by Gasteiger charge is -2.48. The van der Waals surface area contributed by atoms with Crippen molar-refractivity contribution in [3.8, 4) is 11.8 Å². The third kappa shape index (κ3) is 3.95. The minimum atomic E-state index is -0.318. The van der Waals surface area contributed by atoms with E-state index in [-0.39, 0.29) is 11.1 Å². The highest BCUT2D eigenvalue weighted by Crippen LogP contribution is 2.45. The highest BCUT2D eigenvalue weighted by Gasteiger charge is 2.44. The van der Waals surface area contributed by atoms with Gasteiger partial charge < -0.3 is 9.47 Å². The highest BCUT2D eigenvalue weighted by molar-refractivity contribution is 5.28. The summed E-state index contributed by atoms with van der Waals surface area (Å²) in [5.74, 6) is 6.47. The summed E-state index contributed by atoms with van der Waals surface area (Å²) in [6, 6.07) is 10.8. The van der Waals surface area contributed by atoms with Crippen LogP contribution in [0.1, 0.15) is 38.2 Å². The van der Waals surface area contributed by atoms with Gasteiger partial charge in [-0.1, -0.05) is 42.2 Å². The van der Waals surface area contributed by atoms with Crippen molar-refractivity contribution in [3.63, 3.8) is 0 Å². The predicted octanol–water partition coefficient (Wildman–Crippen LogP) is 3.44. The van der Waals surface area contributed by atoms with Crippen LogP contribution in [0, 0.1) is 11.8 Å². The maximum Gasteiger partial charge on any atom is 0.128 e. The molecule has 3 nitrogen and oxygen atoms in total. The second-order valence-corrected chi connectivity index (χ2v) is 6.45. The molecular weight excluding hydrogens is 286 g/mol. The molecule has 0 radical (unpaired) electrons. The molecule has 0 saturated heterocycles. The van der Waals surface area contributed by atoms with Crippen molar-refractivity contribution in [2.24, 2.45) is 0 Å². The van der Waals surface area contributed by atoms with E-state index in [1.807, 2.05) is 6.92 Å². The number of hydrogen-bond donors (Lipinski definition) is 0. The molecule has 0 heterocycles. The summed E-state index contributed by atoms with van der Waals surface area (Å²) in [6.45, 7) is 3.21. The lowest BCUT2D eigenvalue weighted by molar-refractivity contribution is -0.0563. The first-order chi connectivity index (χ1) is 11.1. The molecule has 126 valence electrons. The number of nitrogens with zero attached hydrogens (tertiary/aromatic N) is 1. The van der Waals surface area contributed by atoms with Crippen LogP contribution in [0.3, 0.4) is 0 Å². The Morgan fingerprint density at radius 1 is 1.09 bits per heavy atom. The van der Waals surface area contributed by atoms with Gasteiger partial charge in [-0.15, -0.1) is 0 Å². The summed E-state index contributed by atoms with van der Waals surface area (Å²) in [5, 5.41) is 0. The number of ether oxygens (including phenoxy) is 2. The van der Waals surface area contributed by atoms with Crippen LogP contribution in [0.2, 0.25) is 0 Å². The summed E-state index contributed by atoms with van der Waals surface area (Å²) >= 11 is 0. The van der Waals surface area contributed by atoms with Crippen molar-refractivity contribution < 1.29 is 9.47 Å². The van der Waals surface area contributed by atoms with Gasteiger partial charge in [0.15, 0.2) is 0 Å². The third-order valence-electron chi connectivity index (χ3n) is 5.01. The van der Waals surface area contributed by atoms with Gasteiger partial charge in [0.25, 0.3) is 0 Å². The molecule has 1 aliphatic carbocycles. The third-order valence-corrected chi connectivity index (χ3v) is 5.01. The standard InChI is InChI=1S/C20H29NO2/c1-5-23-19(12-9-17-22-4)13-15-20(16-14-19,21(2)3)18-10-7-6-8-11-18/h6-8,10-11H,5,13-17H2,1-4H3. The maximum atomic E-state index is 6.08. The summed E-state index contributed by atoms with van der Waals surface area (Å²) < 4.78 is 11.1. The molecule has 0 aliphatic heterocycles. The van der Waals surface area contributed by atoms with Gasteiger partial charge in [-0.05, 0) is 52.3 Å². The van der Waals surface area contributed by atoms with Crippen molar-refractivity contribution in [3.05, 3.63) is 35.9 Å². The molecule has 0 N–H and O–H groups in total. The predicted molar refractivity (Wildman–Crippen MR) is 94.3 cm³/mol. The minimum absolute atomic E-state index is 0.0742. The SMILES string of the molecule is CCOC1(C#CCOC)CCC(c2ccccc2)(N(C)C)CC1. The summed E-state index contributed by atoms with van der Waals surface area (Å²) in [7, 11) is 6.03. The fourth-order valence-corrected chi connectivity index (χ4v) is 3.66. The fourth-order valence-electron chi connectivity index (χ4n) is 3.66. The van der Waals surface area contributed by atoms with Crippen LogP contribution in [0.25, 0.3) is 0 Å². The first kappa shape index (κ1) is 18.0. The molecule has 3 heteroatoms. The first-order valence-electron chi connectivity index (χ1n) is 8.44. The van der Waals surface area contributed by atoms with Crippen LogP contribution in [0.5, 0.6) is 0 Å². The van der Waals surface area contributed by atoms with Crippen molar-refractivity contribution in [1.29, 1.82) is 0 Å². The van der Waals surface area contributed by atoms with Crippen LogP contribution in [0.15, 0.2) is 30.3 Å². The maximum absolute atomic E-state index is 6.08. The Morgan fingerprint density at radius 3 is 2.26 bits per heavy atom. The Hall–Kier alpha value is -1.34. The van der Waals surface area contributed by atoms with Crippen LogP contribution < -0.4 is 0 Å². The van der Waals surface area contributed by atoms with Gasteiger partial charge in [0.1, 0.15) is 12.2 Å². The number of hydrogen-bond acceptors (Lipinski definition) is 3. The molecule has 0 atom stereocenters. The lowest BCUT2D eigenvalue weighted by Crippen LogP contribution is -2.49. The summed E-state index contributed by atoms with van der Waals surface area (Å²) in [4.78, 5) is 2.36. The van der Waals surface area contributed by atoms with E-state index < -0.39 is 0 Å². The van der Waals surface area contributed by atoms with Crippen LogP contribution in [0.4, 0.5) is 0 Å². The average molecular weight is 315 g/mol. The van der Waals surface area contributed by atoms with E-state index in [2.05, 4.69) is 61.2 Å². The Labute approximate surface area is 141 Å². The zero-order valence-electron chi connectivity index (χ0n) is 14.9. The monoisotopic (exact) mass is 315 g/mol. The molecule has 1 fully saturated rings. The molecule has 1 aliphatic rings. The van der Waals surface area contributed by atoms with E-state index in [0.29, 0.717) is 13.2 Å². The number of benzene rings is 1. The van der Waals surface area contributed by atoms with E-state index in [1.165, 1.54) is 5.56 Å². The second kappa shape index (κ2) is 7.97. The van der Waals surface area contributed by atoms with Gasteiger partial charge in [-0.2, -0.15) is 0 Å². The van der Waals surface area contributed by atoms with Crippen molar-refractivity contribution in [1.82, 2.24) is 4.90 Å². The Bertz CT molecular complexity index is 534. The van der Waals surface area contributed by atoms with Crippen molar-refractivity contribution in [2.75, 3.05) is 34.4 Å². The molecule has 0 spiro atoms. The largest absolute Gasteiger partial charge is 0.372 e. The van der Waals surface area contributed by atoms with Gasteiger partial charge >= 0.3 is 0 Å². The van der Waals surface area contributed by atoms with E-state index in [0.717, 1.165) is 25.7 Å². The first-order valence-corrected chi connectivity index (χ1v) is 8.44. The lowest BCUT2D eigenvalue weighted by atomic mass is 9.70. The van der Waals surface area contributed by atoms with Crippen molar-refractivity contribution >= 4 is 0 Å². The molecule has 23 heavy (non-hydrogen) atoms. The topological polar surface area (TPSA) is 21.7 Å². The highest BCUT2D eigenvalue weighted by atomic mass is 16.5. The van der Waals surface area contributed by atoms with Gasteiger partial charge in [-0.25, -0.2) is 0 Å². The van der Waals surface area contributed by atoms with Gasteiger partial charge in [0, 0.05) is 19.3 Å². The van der Waals surface area contributed by atoms with Gasteiger partial charge in [0.2, 0.25) is 0 Å². The normalized spacial score (nSPS) is 27.5. The Balaban J connectivity index is 2.23. The van der Waals surface area contributed by atoms with E-state index in [4.69, 9.17) is 9.47 Å².